The second kappa shape index (κ2) is 10.4. The lowest BCUT2D eigenvalue weighted by molar-refractivity contribution is 0.102. The van der Waals surface area contributed by atoms with Crippen molar-refractivity contribution in [2.24, 2.45) is 0 Å². The van der Waals surface area contributed by atoms with Crippen LogP contribution in [0.15, 0.2) is 22.7 Å². The molecule has 1 aliphatic carbocycles. The van der Waals surface area contributed by atoms with Crippen LogP contribution in [0.5, 0.6) is 0 Å². The van der Waals surface area contributed by atoms with E-state index in [4.69, 9.17) is 9.15 Å². The number of methoxy groups -OCH3 is 1. The number of ether oxygens (including phenoxy) is 1. The van der Waals surface area contributed by atoms with Crippen molar-refractivity contribution in [2.45, 2.75) is 57.8 Å². The highest BCUT2D eigenvalue weighted by Crippen LogP contribution is 2.33. The van der Waals surface area contributed by atoms with Crippen LogP contribution < -0.4 is 10.2 Å². The van der Waals surface area contributed by atoms with E-state index in [1.54, 1.807) is 13.3 Å². The molecule has 0 unspecified atom stereocenters. The lowest BCUT2D eigenvalue weighted by Gasteiger charge is -2.18. The Morgan fingerprint density at radius 2 is 2.10 bits per heavy atom. The number of anilines is 2. The summed E-state index contributed by atoms with van der Waals surface area (Å²) in [6.45, 7) is 3.46. The van der Waals surface area contributed by atoms with Gasteiger partial charge in [-0.15, -0.1) is 0 Å². The average Bonchev–Trinajstić information content (AvgIpc) is 3.17. The zero-order valence-electron chi connectivity index (χ0n) is 17.7. The average molecular weight is 401 g/mol. The summed E-state index contributed by atoms with van der Waals surface area (Å²) in [4.78, 5) is 23.9. The van der Waals surface area contributed by atoms with Crippen molar-refractivity contribution in [3.05, 3.63) is 35.7 Å². The van der Waals surface area contributed by atoms with E-state index < -0.39 is 0 Å². The molecule has 2 aromatic rings. The third kappa shape index (κ3) is 5.56. The van der Waals surface area contributed by atoms with Gasteiger partial charge in [-0.1, -0.05) is 26.2 Å². The number of hydrogen-bond donors (Lipinski definition) is 1. The summed E-state index contributed by atoms with van der Waals surface area (Å²) in [5.41, 5.74) is 1.05. The number of aryl methyl sites for hydroxylation is 1. The van der Waals surface area contributed by atoms with Crippen molar-refractivity contribution in [3.8, 4) is 0 Å². The Labute approximate surface area is 172 Å². The van der Waals surface area contributed by atoms with Gasteiger partial charge in [-0.3, -0.25) is 4.79 Å². The summed E-state index contributed by atoms with van der Waals surface area (Å²) in [6, 6.07) is 3.74. The maximum Gasteiger partial charge on any atom is 0.277 e. The Hall–Kier alpha value is -2.41. The molecule has 1 saturated carbocycles. The summed E-state index contributed by atoms with van der Waals surface area (Å²) >= 11 is 0. The minimum atomic E-state index is -0.235. The Bertz CT molecular complexity index is 782. The molecule has 7 nitrogen and oxygen atoms in total. The van der Waals surface area contributed by atoms with E-state index in [1.807, 2.05) is 24.1 Å². The van der Waals surface area contributed by atoms with Crippen molar-refractivity contribution in [2.75, 3.05) is 37.5 Å². The van der Waals surface area contributed by atoms with E-state index in [-0.39, 0.29) is 5.91 Å². The predicted molar refractivity (Wildman–Crippen MR) is 114 cm³/mol. The van der Waals surface area contributed by atoms with E-state index in [1.165, 1.54) is 19.3 Å². The van der Waals surface area contributed by atoms with Gasteiger partial charge >= 0.3 is 0 Å². The van der Waals surface area contributed by atoms with Gasteiger partial charge < -0.3 is 19.4 Å². The van der Waals surface area contributed by atoms with Gasteiger partial charge in [0, 0.05) is 33.0 Å². The van der Waals surface area contributed by atoms with Crippen LogP contribution in [0.25, 0.3) is 0 Å². The molecule has 0 spiro atoms. The molecule has 1 N–H and O–H groups in total. The number of amides is 1. The molecule has 2 aromatic heterocycles. The number of oxazole rings is 1. The normalized spacial score (nSPS) is 14.7. The van der Waals surface area contributed by atoms with Crippen molar-refractivity contribution >= 4 is 17.4 Å². The third-order valence-corrected chi connectivity index (χ3v) is 5.39. The Balaban J connectivity index is 1.70. The summed E-state index contributed by atoms with van der Waals surface area (Å²) < 4.78 is 11.1. The standard InChI is InChI=1S/C22H32N4O3/c1-4-8-18-20(25-22(29-18)16-9-6-5-7-10-16)21(27)24-17-11-12-19(23-15-17)26(2)13-14-28-3/h11-12,15-16H,4-10,13-14H2,1-3H3,(H,24,27). The molecule has 0 radical (unpaired) electrons. The first-order valence-electron chi connectivity index (χ1n) is 10.6. The van der Waals surface area contributed by atoms with Gasteiger partial charge in [-0.2, -0.15) is 0 Å². The molecule has 29 heavy (non-hydrogen) atoms. The number of likely N-dealkylation sites (N-methyl/N-ethyl adjacent to an activating group) is 1. The van der Waals surface area contributed by atoms with Crippen molar-refractivity contribution in [3.63, 3.8) is 0 Å². The zero-order valence-corrected chi connectivity index (χ0v) is 17.7. The number of pyridine rings is 1. The molecule has 0 atom stereocenters. The minimum absolute atomic E-state index is 0.235. The first-order valence-corrected chi connectivity index (χ1v) is 10.6. The molecule has 0 bridgehead atoms. The molecule has 1 amide bonds. The van der Waals surface area contributed by atoms with Crippen LogP contribution in [-0.2, 0) is 11.2 Å². The number of hydrogen-bond acceptors (Lipinski definition) is 6. The molecule has 3 rings (SSSR count). The zero-order chi connectivity index (χ0) is 20.6. The molecular formula is C22H32N4O3. The first kappa shape index (κ1) is 21.3. The highest BCUT2D eigenvalue weighted by molar-refractivity contribution is 6.03. The van der Waals surface area contributed by atoms with Gasteiger partial charge in [-0.05, 0) is 31.4 Å². The van der Waals surface area contributed by atoms with Crippen molar-refractivity contribution in [1.29, 1.82) is 0 Å². The second-order valence-corrected chi connectivity index (χ2v) is 7.68. The maximum atomic E-state index is 12.9. The lowest BCUT2D eigenvalue weighted by atomic mass is 9.89. The molecule has 0 aliphatic heterocycles. The van der Waals surface area contributed by atoms with Gasteiger partial charge in [0.2, 0.25) is 0 Å². The minimum Gasteiger partial charge on any atom is -0.445 e. The number of rotatable bonds is 9. The second-order valence-electron chi connectivity index (χ2n) is 7.68. The maximum absolute atomic E-state index is 12.9. The molecular weight excluding hydrogens is 368 g/mol. The van der Waals surface area contributed by atoms with E-state index >= 15 is 0 Å². The summed E-state index contributed by atoms with van der Waals surface area (Å²) in [5, 5.41) is 2.92. The molecule has 7 heteroatoms. The lowest BCUT2D eigenvalue weighted by Crippen LogP contribution is -2.23. The first-order chi connectivity index (χ1) is 14.1. The summed E-state index contributed by atoms with van der Waals surface area (Å²) in [6.07, 6.45) is 9.15. The highest BCUT2D eigenvalue weighted by atomic mass is 16.5. The Morgan fingerprint density at radius 1 is 1.31 bits per heavy atom. The fraction of sp³-hybridized carbons (Fsp3) is 0.591. The number of nitrogens with one attached hydrogen (secondary N) is 1. The smallest absolute Gasteiger partial charge is 0.277 e. The molecule has 158 valence electrons. The van der Waals surface area contributed by atoms with E-state index in [0.717, 1.165) is 37.5 Å². The molecule has 0 saturated heterocycles. The van der Waals surface area contributed by atoms with Crippen molar-refractivity contribution in [1.82, 2.24) is 9.97 Å². The van der Waals surface area contributed by atoms with Crippen LogP contribution in [0.1, 0.15) is 73.5 Å². The fourth-order valence-electron chi connectivity index (χ4n) is 3.69. The van der Waals surface area contributed by atoms with Gasteiger partial charge in [0.05, 0.1) is 18.5 Å². The number of aromatic nitrogens is 2. The van der Waals surface area contributed by atoms with Crippen LogP contribution in [-0.4, -0.2) is 43.2 Å². The van der Waals surface area contributed by atoms with Gasteiger partial charge in [0.25, 0.3) is 5.91 Å². The van der Waals surface area contributed by atoms with Crippen LogP contribution in [0.3, 0.4) is 0 Å². The third-order valence-electron chi connectivity index (χ3n) is 5.39. The molecule has 1 fully saturated rings. The predicted octanol–water partition coefficient (Wildman–Crippen LogP) is 4.40. The number of carbonyl (C=O) groups is 1. The Morgan fingerprint density at radius 3 is 2.76 bits per heavy atom. The highest BCUT2D eigenvalue weighted by Gasteiger charge is 2.25. The number of carbonyl (C=O) groups excluding carboxylic acids is 1. The van der Waals surface area contributed by atoms with Gasteiger partial charge in [-0.25, -0.2) is 9.97 Å². The molecule has 2 heterocycles. The topological polar surface area (TPSA) is 80.5 Å². The molecule has 1 aliphatic rings. The van der Waals surface area contributed by atoms with Crippen LogP contribution >= 0.6 is 0 Å². The van der Waals surface area contributed by atoms with E-state index in [2.05, 4.69) is 22.2 Å². The molecule has 0 aromatic carbocycles. The quantitative estimate of drug-likeness (QED) is 0.672. The van der Waals surface area contributed by atoms with Crippen molar-refractivity contribution < 1.29 is 13.9 Å². The Kier molecular flexibility index (Phi) is 7.63. The van der Waals surface area contributed by atoms with E-state index in [9.17, 15) is 4.79 Å². The van der Waals surface area contributed by atoms with Crippen LogP contribution in [0.2, 0.25) is 0 Å². The van der Waals surface area contributed by atoms with Gasteiger partial charge in [0.1, 0.15) is 11.6 Å². The van der Waals surface area contributed by atoms with E-state index in [0.29, 0.717) is 36.1 Å². The summed E-state index contributed by atoms with van der Waals surface area (Å²) in [7, 11) is 3.63. The largest absolute Gasteiger partial charge is 0.445 e. The monoisotopic (exact) mass is 400 g/mol. The fourth-order valence-corrected chi connectivity index (χ4v) is 3.69. The summed E-state index contributed by atoms with van der Waals surface area (Å²) in [5.74, 6) is 2.35. The number of nitrogens with zero attached hydrogens (tertiary/aromatic N) is 3. The van der Waals surface area contributed by atoms with Gasteiger partial charge in [0.15, 0.2) is 11.6 Å². The SMILES string of the molecule is CCCc1oc(C2CCCCC2)nc1C(=O)Nc1ccc(N(C)CCOC)nc1. The van der Waals surface area contributed by atoms with Crippen LogP contribution in [0, 0.1) is 0 Å². The van der Waals surface area contributed by atoms with Crippen LogP contribution in [0.4, 0.5) is 11.5 Å².